The number of nitrogens with zero attached hydrogens (tertiary/aromatic N) is 3. The smallest absolute Gasteiger partial charge is 0.339 e. The Morgan fingerprint density at radius 1 is 1.13 bits per heavy atom. The van der Waals surface area contributed by atoms with E-state index in [1.54, 1.807) is 7.11 Å². The molecule has 160 valence electrons. The van der Waals surface area contributed by atoms with E-state index in [1.165, 1.54) is 18.2 Å². The zero-order valence-electron chi connectivity index (χ0n) is 17.7. The van der Waals surface area contributed by atoms with E-state index in [0.717, 1.165) is 37.8 Å². The molecule has 1 N–H and O–H groups in total. The minimum atomic E-state index is -1.03. The van der Waals surface area contributed by atoms with Gasteiger partial charge in [-0.3, -0.25) is 0 Å². The molecule has 1 aromatic heterocycles. The lowest BCUT2D eigenvalue weighted by molar-refractivity contribution is 0.0697. The first-order valence-corrected chi connectivity index (χ1v) is 10.7. The van der Waals surface area contributed by atoms with E-state index in [1.807, 2.05) is 30.3 Å². The summed E-state index contributed by atoms with van der Waals surface area (Å²) >= 11 is 0. The highest BCUT2D eigenvalue weighted by Gasteiger charge is 2.26. The van der Waals surface area contributed by atoms with Gasteiger partial charge in [0.1, 0.15) is 11.3 Å². The van der Waals surface area contributed by atoms with Crippen molar-refractivity contribution >= 4 is 11.9 Å². The van der Waals surface area contributed by atoms with Crippen LogP contribution in [-0.2, 0) is 6.42 Å². The Hall–Kier alpha value is -3.41. The molecule has 1 atom stereocenters. The predicted octanol–water partition coefficient (Wildman–Crippen LogP) is 4.84. The summed E-state index contributed by atoms with van der Waals surface area (Å²) in [7, 11) is 1.60. The first-order chi connectivity index (χ1) is 15.2. The van der Waals surface area contributed by atoms with Crippen LogP contribution in [0.5, 0.6) is 5.75 Å². The fourth-order valence-corrected chi connectivity index (χ4v) is 4.18. The molecule has 2 heterocycles. The van der Waals surface area contributed by atoms with Crippen LogP contribution >= 0.6 is 0 Å². The van der Waals surface area contributed by atoms with Crippen molar-refractivity contribution in [2.24, 2.45) is 0 Å². The summed E-state index contributed by atoms with van der Waals surface area (Å²) in [6.45, 7) is 0.883. The van der Waals surface area contributed by atoms with Gasteiger partial charge in [0.25, 0.3) is 0 Å². The lowest BCUT2D eigenvalue weighted by atomic mass is 9.96. The number of hydrogen-bond donors (Lipinski definition) is 1. The Bertz CT molecular complexity index is 1020. The van der Waals surface area contributed by atoms with Crippen LogP contribution in [-0.4, -0.2) is 40.7 Å². The Balaban J connectivity index is 1.62. The van der Waals surface area contributed by atoms with Crippen molar-refractivity contribution in [2.45, 2.75) is 38.1 Å². The second-order valence-electron chi connectivity index (χ2n) is 7.83. The number of benzene rings is 2. The van der Waals surface area contributed by atoms with Gasteiger partial charge in [0.2, 0.25) is 5.95 Å². The monoisotopic (exact) mass is 417 g/mol. The molecule has 1 saturated heterocycles. The molecule has 6 heteroatoms. The number of carbonyl (C=O) groups is 1. The lowest BCUT2D eigenvalue weighted by Gasteiger charge is -2.36. The number of methoxy groups -OCH3 is 1. The van der Waals surface area contributed by atoms with Gasteiger partial charge in [-0.15, -0.1) is 0 Å². The van der Waals surface area contributed by atoms with Crippen LogP contribution in [0.25, 0.3) is 11.3 Å². The number of carboxylic acids is 1. The third-order valence-corrected chi connectivity index (χ3v) is 5.86. The number of anilines is 1. The molecule has 0 radical (unpaired) electrons. The van der Waals surface area contributed by atoms with Crippen LogP contribution in [0.15, 0.2) is 60.8 Å². The Kier molecular flexibility index (Phi) is 6.46. The SMILES string of the molecule is COc1ccc(-c2nc(N3CCCCC3CCc3ccccc3)ncc2C(=O)O)cc1. The minimum Gasteiger partial charge on any atom is -0.497 e. The number of ether oxygens (including phenoxy) is 1. The van der Waals surface area contributed by atoms with Crippen molar-refractivity contribution in [2.75, 3.05) is 18.6 Å². The van der Waals surface area contributed by atoms with E-state index in [9.17, 15) is 9.90 Å². The summed E-state index contributed by atoms with van der Waals surface area (Å²) < 4.78 is 5.22. The normalized spacial score (nSPS) is 16.2. The molecule has 6 nitrogen and oxygen atoms in total. The molecule has 3 aromatic rings. The van der Waals surface area contributed by atoms with Gasteiger partial charge in [0.15, 0.2) is 0 Å². The van der Waals surface area contributed by atoms with Gasteiger partial charge in [-0.1, -0.05) is 30.3 Å². The highest BCUT2D eigenvalue weighted by Crippen LogP contribution is 2.29. The van der Waals surface area contributed by atoms with Gasteiger partial charge < -0.3 is 14.7 Å². The average molecular weight is 418 g/mol. The van der Waals surface area contributed by atoms with Crippen molar-refractivity contribution in [1.82, 2.24) is 9.97 Å². The van der Waals surface area contributed by atoms with Gasteiger partial charge in [0, 0.05) is 24.3 Å². The summed E-state index contributed by atoms with van der Waals surface area (Å²) in [5.41, 5.74) is 2.60. The van der Waals surface area contributed by atoms with Crippen LogP contribution < -0.4 is 9.64 Å². The van der Waals surface area contributed by atoms with Crippen molar-refractivity contribution in [3.8, 4) is 17.0 Å². The summed E-state index contributed by atoms with van der Waals surface area (Å²) in [4.78, 5) is 23.3. The number of aromatic nitrogens is 2. The molecular formula is C25H27N3O3. The Labute approximate surface area is 182 Å². The maximum atomic E-state index is 11.8. The summed E-state index contributed by atoms with van der Waals surface area (Å²) in [5, 5.41) is 9.67. The van der Waals surface area contributed by atoms with E-state index in [4.69, 9.17) is 9.72 Å². The topological polar surface area (TPSA) is 75.5 Å². The molecule has 1 aliphatic rings. The minimum absolute atomic E-state index is 0.103. The number of piperidine rings is 1. The molecule has 1 fully saturated rings. The molecule has 4 rings (SSSR count). The van der Waals surface area contributed by atoms with Gasteiger partial charge in [-0.05, 0) is 61.9 Å². The maximum Gasteiger partial charge on any atom is 0.339 e. The molecule has 0 bridgehead atoms. The fraction of sp³-hybridized carbons (Fsp3) is 0.320. The maximum absolute atomic E-state index is 11.8. The quantitative estimate of drug-likeness (QED) is 0.593. The first-order valence-electron chi connectivity index (χ1n) is 10.7. The van der Waals surface area contributed by atoms with E-state index >= 15 is 0 Å². The summed E-state index contributed by atoms with van der Waals surface area (Å²) in [6, 6.07) is 18.1. The molecule has 0 spiro atoms. The van der Waals surface area contributed by atoms with E-state index in [0.29, 0.717) is 23.4 Å². The van der Waals surface area contributed by atoms with Crippen molar-refractivity contribution < 1.29 is 14.6 Å². The second-order valence-corrected chi connectivity index (χ2v) is 7.83. The summed E-state index contributed by atoms with van der Waals surface area (Å²) in [5.74, 6) is 0.289. The Morgan fingerprint density at radius 2 is 1.90 bits per heavy atom. The molecule has 2 aromatic carbocycles. The van der Waals surface area contributed by atoms with Gasteiger partial charge in [0.05, 0.1) is 12.8 Å². The van der Waals surface area contributed by atoms with Crippen LogP contribution in [0.1, 0.15) is 41.6 Å². The van der Waals surface area contributed by atoms with Crippen molar-refractivity contribution in [3.63, 3.8) is 0 Å². The van der Waals surface area contributed by atoms with Crippen LogP contribution in [0.3, 0.4) is 0 Å². The second kappa shape index (κ2) is 9.60. The summed E-state index contributed by atoms with van der Waals surface area (Å²) in [6.07, 6.45) is 6.83. The molecule has 1 aliphatic heterocycles. The van der Waals surface area contributed by atoms with Crippen LogP contribution in [0.2, 0.25) is 0 Å². The number of carboxylic acid groups (broad SMARTS) is 1. The molecule has 0 amide bonds. The third kappa shape index (κ3) is 4.85. The highest BCUT2D eigenvalue weighted by atomic mass is 16.5. The van der Waals surface area contributed by atoms with Crippen molar-refractivity contribution in [1.29, 1.82) is 0 Å². The third-order valence-electron chi connectivity index (χ3n) is 5.86. The van der Waals surface area contributed by atoms with Gasteiger partial charge in [-0.25, -0.2) is 14.8 Å². The predicted molar refractivity (Wildman–Crippen MR) is 121 cm³/mol. The van der Waals surface area contributed by atoms with E-state index in [-0.39, 0.29) is 5.56 Å². The molecular weight excluding hydrogens is 390 g/mol. The highest BCUT2D eigenvalue weighted by molar-refractivity contribution is 5.94. The number of rotatable bonds is 7. The molecule has 31 heavy (non-hydrogen) atoms. The van der Waals surface area contributed by atoms with Crippen LogP contribution in [0, 0.1) is 0 Å². The van der Waals surface area contributed by atoms with E-state index < -0.39 is 5.97 Å². The lowest BCUT2D eigenvalue weighted by Crippen LogP contribution is -2.41. The number of hydrogen-bond acceptors (Lipinski definition) is 5. The Morgan fingerprint density at radius 3 is 2.61 bits per heavy atom. The standard InChI is InChI=1S/C25H27N3O3/c1-31-21-14-11-19(12-15-21)23-22(24(29)30)17-26-25(27-23)28-16-6-5-9-20(28)13-10-18-7-3-2-4-8-18/h2-4,7-8,11-12,14-15,17,20H,5-6,9-10,13,16H2,1H3,(H,29,30). The van der Waals surface area contributed by atoms with E-state index in [2.05, 4.69) is 34.1 Å². The number of aromatic carboxylic acids is 1. The largest absolute Gasteiger partial charge is 0.497 e. The molecule has 1 unspecified atom stereocenters. The zero-order valence-corrected chi connectivity index (χ0v) is 17.7. The molecule has 0 saturated carbocycles. The molecule has 0 aliphatic carbocycles. The number of aryl methyl sites for hydroxylation is 1. The first kappa shape index (κ1) is 20.8. The van der Waals surface area contributed by atoms with Crippen molar-refractivity contribution in [3.05, 3.63) is 71.9 Å². The van der Waals surface area contributed by atoms with Crippen LogP contribution in [0.4, 0.5) is 5.95 Å². The zero-order chi connectivity index (χ0) is 21.6. The van der Waals surface area contributed by atoms with Gasteiger partial charge >= 0.3 is 5.97 Å². The average Bonchev–Trinajstić information content (AvgIpc) is 2.83. The fourth-order valence-electron chi connectivity index (χ4n) is 4.18. The van der Waals surface area contributed by atoms with Gasteiger partial charge in [-0.2, -0.15) is 0 Å².